The molecule has 0 radical (unpaired) electrons. The highest BCUT2D eigenvalue weighted by Crippen LogP contribution is 2.43. The number of hydrogen-bond donors (Lipinski definition) is 1. The van der Waals surface area contributed by atoms with Crippen LogP contribution < -0.4 is 19.6 Å². The first-order valence-corrected chi connectivity index (χ1v) is 4.50. The summed E-state index contributed by atoms with van der Waals surface area (Å²) in [5, 5.41) is 5.79. The van der Waals surface area contributed by atoms with Crippen LogP contribution in [0.3, 0.4) is 0 Å². The van der Waals surface area contributed by atoms with E-state index in [-0.39, 0.29) is 5.71 Å². The number of rotatable bonds is 2. The Bertz CT molecular complexity index is 163. The summed E-state index contributed by atoms with van der Waals surface area (Å²) in [6, 6.07) is 0. The lowest BCUT2D eigenvalue weighted by atomic mass is 14.0. The predicted octanol–water partition coefficient (Wildman–Crippen LogP) is -2.47. The fraction of sp³-hybridized carbons (Fsp3) is 0. The van der Waals surface area contributed by atoms with Crippen molar-refractivity contribution < 1.29 is 34.2 Å². The van der Waals surface area contributed by atoms with Gasteiger partial charge in [0.1, 0.15) is 0 Å². The lowest BCUT2D eigenvalue weighted by Gasteiger charge is -2.43. The van der Waals surface area contributed by atoms with E-state index in [0.29, 0.717) is 0 Å². The van der Waals surface area contributed by atoms with E-state index in [2.05, 4.69) is 4.31 Å². The lowest BCUT2D eigenvalue weighted by Crippen LogP contribution is -2.22. The molecule has 0 amide bonds. The quantitative estimate of drug-likeness (QED) is 0.462. The van der Waals surface area contributed by atoms with E-state index in [1.807, 2.05) is 0 Å². The van der Waals surface area contributed by atoms with Gasteiger partial charge >= 0.3 is 5.71 Å². The zero-order valence-corrected chi connectivity index (χ0v) is 5.63. The highest BCUT2D eigenvalue weighted by molar-refractivity contribution is 7.57. The van der Waals surface area contributed by atoms with Crippen LogP contribution in [0.15, 0.2) is 0 Å². The summed E-state index contributed by atoms with van der Waals surface area (Å²) < 4.78 is 12.1. The van der Waals surface area contributed by atoms with Gasteiger partial charge in [-0.2, -0.15) is 0 Å². The summed E-state index contributed by atoms with van der Waals surface area (Å²) >= 11 is 0. The van der Waals surface area contributed by atoms with E-state index in [9.17, 15) is 24.1 Å². The van der Waals surface area contributed by atoms with Crippen molar-refractivity contribution in [2.24, 2.45) is 0 Å². The minimum absolute atomic E-state index is 0. The zero-order chi connectivity index (χ0) is 7.71. The van der Waals surface area contributed by atoms with Crippen LogP contribution in [0.4, 0.5) is 0 Å². The molecule has 0 unspecified atom stereocenters. The zero-order valence-electron chi connectivity index (χ0n) is 7.84. The fourth-order valence-corrected chi connectivity index (χ4v) is 1.18. The molecule has 0 aromatic carbocycles. The molecule has 0 aliphatic heterocycles. The van der Waals surface area contributed by atoms with Gasteiger partial charge in [-0.15, -0.1) is 0 Å². The van der Waals surface area contributed by atoms with Crippen LogP contribution in [0.25, 0.3) is 0 Å². The molecule has 56 valence electrons. The molecule has 0 saturated heterocycles. The van der Waals surface area contributed by atoms with Gasteiger partial charge in [-0.3, -0.25) is 0 Å². The summed E-state index contributed by atoms with van der Waals surface area (Å²) in [4.78, 5) is 37.9. The SMILES string of the molecule is N=P([O-])([O-])OP(=O)([O-])[O-].[H+].[H+].[H+].[H+]. The van der Waals surface area contributed by atoms with Gasteiger partial charge in [0.25, 0.3) is 0 Å². The second-order valence-electron chi connectivity index (χ2n) is 1.03. The first-order valence-electron chi connectivity index (χ1n) is 1.50. The minimum atomic E-state index is -5.55. The molecular weight excluding hydrogens is 172 g/mol. The molecule has 0 aromatic rings. The van der Waals surface area contributed by atoms with Crippen LogP contribution in [-0.2, 0) is 8.88 Å². The van der Waals surface area contributed by atoms with Crippen molar-refractivity contribution in [3.05, 3.63) is 0 Å². The van der Waals surface area contributed by atoms with Crippen LogP contribution in [-0.4, -0.2) is 0 Å². The van der Waals surface area contributed by atoms with Crippen LogP contribution in [0, 0.1) is 5.16 Å². The highest BCUT2D eigenvalue weighted by atomic mass is 31.3. The molecule has 0 aromatic heterocycles. The van der Waals surface area contributed by atoms with E-state index in [0.717, 1.165) is 0 Å². The van der Waals surface area contributed by atoms with Crippen molar-refractivity contribution in [1.82, 2.24) is 0 Å². The monoisotopic (exact) mass is 177 g/mol. The Kier molecular flexibility index (Phi) is 2.55. The Labute approximate surface area is 56.2 Å². The van der Waals surface area contributed by atoms with E-state index in [4.69, 9.17) is 5.16 Å². The number of nitrogens with one attached hydrogen (secondary N) is 1. The van der Waals surface area contributed by atoms with E-state index in [1.165, 1.54) is 0 Å². The molecule has 0 aliphatic carbocycles. The van der Waals surface area contributed by atoms with Crippen LogP contribution in [0.5, 0.6) is 0 Å². The Morgan fingerprint density at radius 1 is 1.33 bits per heavy atom. The van der Waals surface area contributed by atoms with Gasteiger partial charge in [-0.25, -0.2) is 0 Å². The van der Waals surface area contributed by atoms with E-state index in [1.54, 1.807) is 0 Å². The summed E-state index contributed by atoms with van der Waals surface area (Å²) in [6.45, 7) is 0. The van der Waals surface area contributed by atoms with Crippen LogP contribution >= 0.6 is 15.6 Å². The smallest absolute Gasteiger partial charge is 0.806 e. The van der Waals surface area contributed by atoms with Crippen molar-refractivity contribution in [1.29, 1.82) is 5.16 Å². The Hall–Kier alpha value is 0.260. The largest absolute Gasteiger partial charge is 1.00 e. The Morgan fingerprint density at radius 2 is 1.67 bits per heavy atom. The molecule has 0 aliphatic rings. The van der Waals surface area contributed by atoms with Crippen molar-refractivity contribution in [2.75, 3.05) is 0 Å². The average molecular weight is 177 g/mol. The van der Waals surface area contributed by atoms with Gasteiger partial charge in [0.2, 0.25) is 0 Å². The normalized spacial score (nSPS) is 13.8. The average Bonchev–Trinajstić information content (AvgIpc) is 1.14. The fourth-order valence-electron chi connectivity index (χ4n) is 0.132. The molecule has 0 fully saturated rings. The van der Waals surface area contributed by atoms with Gasteiger partial charge in [-0.05, 0) is 0 Å². The molecule has 0 heterocycles. The molecule has 7 nitrogen and oxygen atoms in total. The first-order chi connectivity index (χ1) is 3.71. The van der Waals surface area contributed by atoms with Gasteiger partial charge in [-0.1, -0.05) is 7.74 Å². The summed E-state index contributed by atoms with van der Waals surface area (Å²) in [5.74, 6) is 0. The third-order valence-electron chi connectivity index (χ3n) is 0.207. The Balaban J connectivity index is -0.0000000533. The first kappa shape index (κ1) is 9.26. The molecule has 0 spiro atoms. The van der Waals surface area contributed by atoms with Crippen molar-refractivity contribution in [3.63, 3.8) is 0 Å². The number of phosphoric acid groups is 1. The lowest BCUT2D eigenvalue weighted by molar-refractivity contribution is -0.358. The third kappa shape index (κ3) is 8.26. The standard InChI is InChI=1S/H3NO6P2/c1-8(2,3)7-9(4,5)6/h(H3-2,1,2,3,4,5,6)/q-2/p+2. The van der Waals surface area contributed by atoms with Crippen molar-refractivity contribution in [2.45, 2.75) is 0 Å². The molecule has 1 N–H and O–H groups in total. The molecular formula is H5NO6P2. The van der Waals surface area contributed by atoms with Gasteiger partial charge < -0.3 is 33.6 Å². The molecule has 0 bridgehead atoms. The van der Waals surface area contributed by atoms with E-state index >= 15 is 0 Å². The Morgan fingerprint density at radius 3 is 1.67 bits per heavy atom. The number of hydrogen-bond acceptors (Lipinski definition) is 7. The molecule has 0 saturated carbocycles. The van der Waals surface area contributed by atoms with E-state index < -0.39 is 15.6 Å². The van der Waals surface area contributed by atoms with Crippen molar-refractivity contribution in [3.8, 4) is 0 Å². The predicted molar refractivity (Wildman–Crippen MR) is 22.8 cm³/mol. The second kappa shape index (κ2) is 2.48. The maximum absolute atomic E-state index is 9.55. The summed E-state index contributed by atoms with van der Waals surface area (Å²) in [7, 11) is -10.7. The highest BCUT2D eigenvalue weighted by Gasteiger charge is 1.88. The second-order valence-corrected chi connectivity index (χ2v) is 3.57. The summed E-state index contributed by atoms with van der Waals surface area (Å²) in [6.07, 6.45) is 0. The molecule has 9 heavy (non-hydrogen) atoms. The van der Waals surface area contributed by atoms with Crippen molar-refractivity contribution >= 4 is 15.6 Å². The maximum atomic E-state index is 9.55. The minimum Gasteiger partial charge on any atom is -0.806 e. The molecule has 9 heteroatoms. The van der Waals surface area contributed by atoms with Crippen LogP contribution in [0.2, 0.25) is 0 Å². The van der Waals surface area contributed by atoms with Gasteiger partial charge in [0.05, 0.1) is 7.82 Å². The molecule has 0 rings (SSSR count). The summed E-state index contributed by atoms with van der Waals surface area (Å²) in [5.41, 5.74) is 0. The van der Waals surface area contributed by atoms with Gasteiger partial charge in [0.15, 0.2) is 0 Å². The molecule has 0 atom stereocenters. The topological polar surface area (TPSA) is 142 Å². The van der Waals surface area contributed by atoms with Gasteiger partial charge in [0, 0.05) is 0 Å². The third-order valence-corrected chi connectivity index (χ3v) is 1.87. The van der Waals surface area contributed by atoms with Crippen LogP contribution in [0.1, 0.15) is 5.71 Å². The maximum Gasteiger partial charge on any atom is 1.00 e.